The topological polar surface area (TPSA) is 71.5 Å². The number of benzene rings is 1. The summed E-state index contributed by atoms with van der Waals surface area (Å²) < 4.78 is 5.20. The van der Waals surface area contributed by atoms with Gasteiger partial charge in [-0.3, -0.25) is 9.59 Å². The molecule has 0 saturated carbocycles. The maximum Gasteiger partial charge on any atom is 0.243 e. The Hall–Kier alpha value is -2.89. The Morgan fingerprint density at radius 2 is 2.00 bits per heavy atom. The molecule has 3 rings (SSSR count). The number of rotatable bonds is 4. The van der Waals surface area contributed by atoms with Crippen molar-refractivity contribution in [2.24, 2.45) is 0 Å². The third kappa shape index (κ3) is 3.63. The average molecular weight is 339 g/mol. The van der Waals surface area contributed by atoms with E-state index in [0.717, 1.165) is 16.7 Å². The van der Waals surface area contributed by atoms with E-state index in [2.05, 4.69) is 10.3 Å². The number of nitrogens with zero attached hydrogens (tertiary/aromatic N) is 2. The minimum Gasteiger partial charge on any atom is -0.481 e. The van der Waals surface area contributed by atoms with Crippen LogP contribution in [0.25, 0.3) is 0 Å². The molecule has 1 aromatic carbocycles. The SMILES string of the molecule is COc1ncccc1CNC(=O)[C@H]1Cc2ccccc2CN1C(C)=O. The lowest BCUT2D eigenvalue weighted by Crippen LogP contribution is -2.51. The second-order valence-electron chi connectivity index (χ2n) is 6.03. The largest absolute Gasteiger partial charge is 0.481 e. The zero-order chi connectivity index (χ0) is 17.8. The van der Waals surface area contributed by atoms with E-state index in [-0.39, 0.29) is 11.8 Å². The monoisotopic (exact) mass is 339 g/mol. The second-order valence-corrected chi connectivity index (χ2v) is 6.03. The van der Waals surface area contributed by atoms with Crippen LogP contribution >= 0.6 is 0 Å². The summed E-state index contributed by atoms with van der Waals surface area (Å²) in [6, 6.07) is 11.1. The number of hydrogen-bond acceptors (Lipinski definition) is 4. The van der Waals surface area contributed by atoms with Crippen molar-refractivity contribution < 1.29 is 14.3 Å². The summed E-state index contributed by atoms with van der Waals surface area (Å²) in [4.78, 5) is 30.5. The maximum atomic E-state index is 12.7. The first-order valence-corrected chi connectivity index (χ1v) is 8.19. The van der Waals surface area contributed by atoms with Gasteiger partial charge in [0.2, 0.25) is 17.7 Å². The van der Waals surface area contributed by atoms with Gasteiger partial charge in [-0.15, -0.1) is 0 Å². The van der Waals surface area contributed by atoms with Crippen LogP contribution in [0.5, 0.6) is 5.88 Å². The number of carbonyl (C=O) groups is 2. The van der Waals surface area contributed by atoms with Crippen LogP contribution < -0.4 is 10.1 Å². The highest BCUT2D eigenvalue weighted by molar-refractivity contribution is 5.87. The highest BCUT2D eigenvalue weighted by atomic mass is 16.5. The Morgan fingerprint density at radius 1 is 1.24 bits per heavy atom. The summed E-state index contributed by atoms with van der Waals surface area (Å²) in [6.07, 6.45) is 2.16. The lowest BCUT2D eigenvalue weighted by molar-refractivity contribution is -0.140. The van der Waals surface area contributed by atoms with Crippen LogP contribution in [-0.2, 0) is 29.1 Å². The van der Waals surface area contributed by atoms with Gasteiger partial charge in [0.15, 0.2) is 0 Å². The van der Waals surface area contributed by atoms with Gasteiger partial charge in [0.25, 0.3) is 0 Å². The molecule has 1 N–H and O–H groups in total. The average Bonchev–Trinajstić information content (AvgIpc) is 2.65. The minimum atomic E-state index is -0.505. The molecule has 0 fully saturated rings. The Kier molecular flexibility index (Phi) is 4.97. The normalized spacial score (nSPS) is 16.1. The van der Waals surface area contributed by atoms with Crippen LogP contribution in [0.2, 0.25) is 0 Å². The Bertz CT molecular complexity index is 791. The predicted octanol–water partition coefficient (Wildman–Crippen LogP) is 1.68. The number of aromatic nitrogens is 1. The van der Waals surface area contributed by atoms with E-state index in [1.807, 2.05) is 30.3 Å². The van der Waals surface area contributed by atoms with Crippen LogP contribution in [0, 0.1) is 0 Å². The molecule has 2 amide bonds. The van der Waals surface area contributed by atoms with E-state index in [1.165, 1.54) is 6.92 Å². The number of carbonyl (C=O) groups excluding carboxylic acids is 2. The van der Waals surface area contributed by atoms with E-state index < -0.39 is 6.04 Å². The van der Waals surface area contributed by atoms with Gasteiger partial charge in [-0.1, -0.05) is 30.3 Å². The molecule has 1 atom stereocenters. The first-order valence-electron chi connectivity index (χ1n) is 8.19. The molecule has 0 bridgehead atoms. The summed E-state index contributed by atoms with van der Waals surface area (Å²) in [5, 5.41) is 2.91. The Morgan fingerprint density at radius 3 is 2.72 bits per heavy atom. The van der Waals surface area contributed by atoms with Crippen LogP contribution in [0.15, 0.2) is 42.6 Å². The zero-order valence-electron chi connectivity index (χ0n) is 14.4. The fourth-order valence-corrected chi connectivity index (χ4v) is 3.13. The van der Waals surface area contributed by atoms with Gasteiger partial charge < -0.3 is 15.0 Å². The van der Waals surface area contributed by atoms with Gasteiger partial charge in [-0.25, -0.2) is 4.98 Å². The zero-order valence-corrected chi connectivity index (χ0v) is 14.4. The van der Waals surface area contributed by atoms with Crippen LogP contribution in [0.1, 0.15) is 23.6 Å². The molecule has 1 aliphatic rings. The summed E-state index contributed by atoms with van der Waals surface area (Å²) >= 11 is 0. The number of fused-ring (bicyclic) bond motifs is 1. The van der Waals surface area contributed by atoms with Gasteiger partial charge in [0.05, 0.1) is 7.11 Å². The molecule has 2 heterocycles. The van der Waals surface area contributed by atoms with Crippen LogP contribution in [0.3, 0.4) is 0 Å². The molecule has 6 heteroatoms. The van der Waals surface area contributed by atoms with Crippen molar-refractivity contribution in [2.45, 2.75) is 32.5 Å². The standard InChI is InChI=1S/C19H21N3O3/c1-13(23)22-12-16-7-4-3-6-14(16)10-17(22)18(24)21-11-15-8-5-9-20-19(15)25-2/h3-9,17H,10-12H2,1-2H3,(H,21,24)/t17-/m1/s1. The number of ether oxygens (including phenoxy) is 1. The molecule has 0 unspecified atom stereocenters. The van der Waals surface area contributed by atoms with Crippen molar-refractivity contribution in [3.63, 3.8) is 0 Å². The minimum absolute atomic E-state index is 0.103. The first-order chi connectivity index (χ1) is 12.1. The van der Waals surface area contributed by atoms with Gasteiger partial charge in [-0.2, -0.15) is 0 Å². The highest BCUT2D eigenvalue weighted by Crippen LogP contribution is 2.23. The molecular weight excluding hydrogens is 318 g/mol. The van der Waals surface area contributed by atoms with E-state index in [1.54, 1.807) is 24.3 Å². The second kappa shape index (κ2) is 7.34. The Labute approximate surface area is 146 Å². The molecular formula is C19H21N3O3. The highest BCUT2D eigenvalue weighted by Gasteiger charge is 2.32. The number of hydrogen-bond donors (Lipinski definition) is 1. The smallest absolute Gasteiger partial charge is 0.243 e. The van der Waals surface area contributed by atoms with Crippen molar-refractivity contribution in [3.8, 4) is 5.88 Å². The van der Waals surface area contributed by atoms with Crippen molar-refractivity contribution >= 4 is 11.8 Å². The third-order valence-corrected chi connectivity index (χ3v) is 4.45. The quantitative estimate of drug-likeness (QED) is 0.920. The molecule has 0 spiro atoms. The van der Waals surface area contributed by atoms with E-state index in [0.29, 0.717) is 25.4 Å². The summed E-state index contributed by atoms with van der Waals surface area (Å²) in [6.45, 7) is 2.26. The molecule has 25 heavy (non-hydrogen) atoms. The van der Waals surface area contributed by atoms with Gasteiger partial charge in [0, 0.05) is 38.2 Å². The van der Waals surface area contributed by atoms with Crippen LogP contribution in [0.4, 0.5) is 0 Å². The molecule has 6 nitrogen and oxygen atoms in total. The summed E-state index contributed by atoms with van der Waals surface area (Å²) in [7, 11) is 1.54. The fraction of sp³-hybridized carbons (Fsp3) is 0.316. The number of methoxy groups -OCH3 is 1. The summed E-state index contributed by atoms with van der Waals surface area (Å²) in [5.74, 6) is 0.212. The number of amides is 2. The molecule has 0 saturated heterocycles. The van der Waals surface area contributed by atoms with Gasteiger partial charge in [0.1, 0.15) is 6.04 Å². The lowest BCUT2D eigenvalue weighted by atomic mass is 9.93. The van der Waals surface area contributed by atoms with E-state index >= 15 is 0 Å². The van der Waals surface area contributed by atoms with Crippen molar-refractivity contribution in [3.05, 3.63) is 59.3 Å². The number of nitrogens with one attached hydrogen (secondary N) is 1. The molecule has 0 aliphatic carbocycles. The molecule has 0 radical (unpaired) electrons. The maximum absolute atomic E-state index is 12.7. The Balaban J connectivity index is 1.75. The van der Waals surface area contributed by atoms with E-state index in [4.69, 9.17) is 4.74 Å². The van der Waals surface area contributed by atoms with Gasteiger partial charge >= 0.3 is 0 Å². The van der Waals surface area contributed by atoms with Crippen molar-refractivity contribution in [2.75, 3.05) is 7.11 Å². The fourth-order valence-electron chi connectivity index (χ4n) is 3.13. The molecule has 2 aromatic rings. The van der Waals surface area contributed by atoms with Crippen molar-refractivity contribution in [1.82, 2.24) is 15.2 Å². The van der Waals surface area contributed by atoms with Gasteiger partial charge in [-0.05, 0) is 17.2 Å². The molecule has 1 aliphatic heterocycles. The molecule has 1 aromatic heterocycles. The van der Waals surface area contributed by atoms with Crippen molar-refractivity contribution in [1.29, 1.82) is 0 Å². The van der Waals surface area contributed by atoms with Crippen LogP contribution in [-0.4, -0.2) is 34.8 Å². The third-order valence-electron chi connectivity index (χ3n) is 4.45. The lowest BCUT2D eigenvalue weighted by Gasteiger charge is -2.35. The predicted molar refractivity (Wildman–Crippen MR) is 92.8 cm³/mol. The van der Waals surface area contributed by atoms with E-state index in [9.17, 15) is 9.59 Å². The summed E-state index contributed by atoms with van der Waals surface area (Å²) in [5.41, 5.74) is 3.00. The first kappa shape index (κ1) is 17.0. The number of pyridine rings is 1. The molecule has 130 valence electrons.